The van der Waals surface area contributed by atoms with Crippen molar-refractivity contribution in [3.8, 4) is 11.5 Å². The van der Waals surface area contributed by atoms with Gasteiger partial charge in [-0.25, -0.2) is 0 Å². The second-order valence-corrected chi connectivity index (χ2v) is 10.0. The van der Waals surface area contributed by atoms with Gasteiger partial charge in [0.2, 0.25) is 11.9 Å². The predicted molar refractivity (Wildman–Crippen MR) is 162 cm³/mol. The molecule has 2 heterocycles. The first-order valence-electron chi connectivity index (χ1n) is 13.9. The Hall–Kier alpha value is -4.79. The Labute approximate surface area is 240 Å². The molecule has 1 aromatic heterocycles. The van der Waals surface area contributed by atoms with Crippen molar-refractivity contribution in [1.82, 2.24) is 24.8 Å². The molecule has 6 rings (SSSR count). The van der Waals surface area contributed by atoms with Gasteiger partial charge in [0.15, 0.2) is 0 Å². The SMILES string of the molecule is Nc1nc(CN2CCN(C(c3ccccc3)c3ccccc3)CC2)nc(Nc2ccc(Oc3ccccc3)cc2)n1. The number of nitrogens with one attached hydrogen (secondary N) is 1. The number of aromatic nitrogens is 3. The van der Waals surface area contributed by atoms with Gasteiger partial charge < -0.3 is 15.8 Å². The van der Waals surface area contributed by atoms with E-state index in [9.17, 15) is 0 Å². The van der Waals surface area contributed by atoms with Crippen molar-refractivity contribution in [2.75, 3.05) is 37.2 Å². The Kier molecular flexibility index (Phi) is 8.12. The molecule has 0 aliphatic carbocycles. The standard InChI is InChI=1S/C33H33N7O/c34-32-36-30(37-33(38-32)35-27-16-18-29(19-17-27)41-28-14-8-3-9-15-28)24-39-20-22-40(23-21-39)31(25-10-4-1-5-11-25)26-12-6-2-7-13-26/h1-19,31H,20-24H2,(H3,34,35,36,37,38). The minimum absolute atomic E-state index is 0.202. The first kappa shape index (κ1) is 26.4. The van der Waals surface area contributed by atoms with Crippen molar-refractivity contribution in [1.29, 1.82) is 0 Å². The van der Waals surface area contributed by atoms with Gasteiger partial charge in [-0.15, -0.1) is 0 Å². The van der Waals surface area contributed by atoms with Crippen LogP contribution in [0.25, 0.3) is 0 Å². The molecular weight excluding hydrogens is 510 g/mol. The molecule has 8 heteroatoms. The van der Waals surface area contributed by atoms with Gasteiger partial charge >= 0.3 is 0 Å². The van der Waals surface area contributed by atoms with E-state index in [1.54, 1.807) is 0 Å². The van der Waals surface area contributed by atoms with Crippen LogP contribution in [0.3, 0.4) is 0 Å². The maximum Gasteiger partial charge on any atom is 0.232 e. The van der Waals surface area contributed by atoms with E-state index in [2.05, 4.69) is 90.7 Å². The summed E-state index contributed by atoms with van der Waals surface area (Å²) in [4.78, 5) is 18.3. The van der Waals surface area contributed by atoms with Crippen molar-refractivity contribution >= 4 is 17.6 Å². The molecule has 8 nitrogen and oxygen atoms in total. The Morgan fingerprint density at radius 1 is 0.659 bits per heavy atom. The smallest absolute Gasteiger partial charge is 0.232 e. The second kappa shape index (κ2) is 12.6. The van der Waals surface area contributed by atoms with Gasteiger partial charge in [-0.3, -0.25) is 9.80 Å². The van der Waals surface area contributed by atoms with Crippen molar-refractivity contribution in [3.63, 3.8) is 0 Å². The number of nitrogens with two attached hydrogens (primary N) is 1. The minimum atomic E-state index is 0.202. The number of hydrogen-bond acceptors (Lipinski definition) is 8. The second-order valence-electron chi connectivity index (χ2n) is 10.0. The molecule has 1 fully saturated rings. The highest BCUT2D eigenvalue weighted by molar-refractivity contribution is 5.55. The fraction of sp³-hybridized carbons (Fsp3) is 0.182. The van der Waals surface area contributed by atoms with E-state index in [-0.39, 0.29) is 12.0 Å². The third-order valence-electron chi connectivity index (χ3n) is 7.16. The number of rotatable bonds is 9. The van der Waals surface area contributed by atoms with Crippen LogP contribution in [0, 0.1) is 0 Å². The molecule has 3 N–H and O–H groups in total. The normalized spacial score (nSPS) is 14.2. The number of hydrogen-bond donors (Lipinski definition) is 2. The summed E-state index contributed by atoms with van der Waals surface area (Å²) < 4.78 is 5.88. The number of nitrogens with zero attached hydrogens (tertiary/aromatic N) is 5. The van der Waals surface area contributed by atoms with E-state index in [0.29, 0.717) is 18.3 Å². The molecule has 0 spiro atoms. The molecule has 41 heavy (non-hydrogen) atoms. The molecule has 0 radical (unpaired) electrons. The fourth-order valence-electron chi connectivity index (χ4n) is 5.19. The van der Waals surface area contributed by atoms with Crippen LogP contribution in [0.15, 0.2) is 115 Å². The monoisotopic (exact) mass is 543 g/mol. The lowest BCUT2D eigenvalue weighted by atomic mass is 9.96. The predicted octanol–water partition coefficient (Wildman–Crippen LogP) is 5.90. The molecule has 0 saturated carbocycles. The summed E-state index contributed by atoms with van der Waals surface area (Å²) in [5.41, 5.74) is 9.53. The summed E-state index contributed by atoms with van der Waals surface area (Å²) in [6.45, 7) is 4.32. The van der Waals surface area contributed by atoms with Crippen LogP contribution in [0.2, 0.25) is 0 Å². The van der Waals surface area contributed by atoms with Gasteiger partial charge in [-0.2, -0.15) is 15.0 Å². The fourth-order valence-corrected chi connectivity index (χ4v) is 5.19. The van der Waals surface area contributed by atoms with Crippen molar-refractivity contribution in [2.24, 2.45) is 0 Å². The molecule has 4 aromatic carbocycles. The molecule has 0 unspecified atom stereocenters. The number of benzene rings is 4. The lowest BCUT2D eigenvalue weighted by molar-refractivity contribution is 0.103. The molecule has 206 valence electrons. The van der Waals surface area contributed by atoms with Gasteiger partial charge in [-0.1, -0.05) is 78.9 Å². The first-order chi connectivity index (χ1) is 20.2. The van der Waals surface area contributed by atoms with E-state index in [1.807, 2.05) is 54.6 Å². The number of anilines is 3. The molecule has 1 saturated heterocycles. The molecule has 0 bridgehead atoms. The number of ether oxygens (including phenoxy) is 1. The van der Waals surface area contributed by atoms with E-state index >= 15 is 0 Å². The summed E-state index contributed by atoms with van der Waals surface area (Å²) in [6.07, 6.45) is 0. The highest BCUT2D eigenvalue weighted by atomic mass is 16.5. The summed E-state index contributed by atoms with van der Waals surface area (Å²) in [5, 5.41) is 3.25. The highest BCUT2D eigenvalue weighted by Gasteiger charge is 2.26. The average Bonchev–Trinajstić information content (AvgIpc) is 3.01. The van der Waals surface area contributed by atoms with E-state index in [4.69, 9.17) is 10.5 Å². The number of piperazine rings is 1. The van der Waals surface area contributed by atoms with Crippen LogP contribution in [-0.4, -0.2) is 50.9 Å². The molecule has 1 aliphatic heterocycles. The lowest BCUT2D eigenvalue weighted by Crippen LogP contribution is -2.47. The maximum atomic E-state index is 6.07. The van der Waals surface area contributed by atoms with Crippen molar-refractivity contribution in [3.05, 3.63) is 132 Å². The maximum absolute atomic E-state index is 6.07. The van der Waals surface area contributed by atoms with Crippen LogP contribution < -0.4 is 15.8 Å². The molecule has 0 atom stereocenters. The van der Waals surface area contributed by atoms with Crippen LogP contribution in [0.1, 0.15) is 23.0 Å². The quantitative estimate of drug-likeness (QED) is 0.238. The topological polar surface area (TPSA) is 92.4 Å². The third-order valence-corrected chi connectivity index (χ3v) is 7.16. The Morgan fingerprint density at radius 2 is 1.22 bits per heavy atom. The summed E-state index contributed by atoms with van der Waals surface area (Å²) >= 11 is 0. The third kappa shape index (κ3) is 6.87. The van der Waals surface area contributed by atoms with E-state index in [0.717, 1.165) is 43.4 Å². The average molecular weight is 544 g/mol. The van der Waals surface area contributed by atoms with Gasteiger partial charge in [0.25, 0.3) is 0 Å². The Balaban J connectivity index is 1.08. The van der Waals surface area contributed by atoms with E-state index in [1.165, 1.54) is 11.1 Å². The van der Waals surface area contributed by atoms with Gasteiger partial charge in [-0.05, 0) is 47.5 Å². The highest BCUT2D eigenvalue weighted by Crippen LogP contribution is 2.30. The van der Waals surface area contributed by atoms with Crippen LogP contribution in [0.5, 0.6) is 11.5 Å². The zero-order valence-electron chi connectivity index (χ0n) is 22.8. The lowest BCUT2D eigenvalue weighted by Gasteiger charge is -2.39. The molecule has 1 aliphatic rings. The van der Waals surface area contributed by atoms with Crippen molar-refractivity contribution < 1.29 is 4.74 Å². The molecule has 0 amide bonds. The zero-order chi connectivity index (χ0) is 27.9. The summed E-state index contributed by atoms with van der Waals surface area (Å²) in [6, 6.07) is 39.1. The number of nitrogen functional groups attached to an aromatic ring is 1. The first-order valence-corrected chi connectivity index (χ1v) is 13.9. The van der Waals surface area contributed by atoms with Gasteiger partial charge in [0.1, 0.15) is 17.3 Å². The summed E-state index contributed by atoms with van der Waals surface area (Å²) in [5.74, 6) is 2.82. The minimum Gasteiger partial charge on any atom is -0.457 e. The van der Waals surface area contributed by atoms with Crippen LogP contribution in [0.4, 0.5) is 17.6 Å². The van der Waals surface area contributed by atoms with Crippen LogP contribution >= 0.6 is 0 Å². The largest absolute Gasteiger partial charge is 0.457 e. The molecule has 5 aromatic rings. The molecular formula is C33H33N7O. The van der Waals surface area contributed by atoms with Gasteiger partial charge in [0, 0.05) is 31.9 Å². The number of para-hydroxylation sites is 1. The Morgan fingerprint density at radius 3 is 1.83 bits per heavy atom. The Bertz CT molecular complexity index is 1490. The van der Waals surface area contributed by atoms with Gasteiger partial charge in [0.05, 0.1) is 12.6 Å². The van der Waals surface area contributed by atoms with Crippen LogP contribution in [-0.2, 0) is 6.54 Å². The van der Waals surface area contributed by atoms with Crippen molar-refractivity contribution in [2.45, 2.75) is 12.6 Å². The zero-order valence-corrected chi connectivity index (χ0v) is 22.8. The summed E-state index contributed by atoms with van der Waals surface area (Å²) in [7, 11) is 0. The van der Waals surface area contributed by atoms with E-state index < -0.39 is 0 Å².